The molecule has 0 saturated carbocycles. The van der Waals surface area contributed by atoms with E-state index in [1.807, 2.05) is 75.8 Å². The molecular weight excluding hydrogens is 474 g/mol. The Morgan fingerprint density at radius 1 is 1.08 bits per heavy atom. The van der Waals surface area contributed by atoms with E-state index in [-0.39, 0.29) is 12.7 Å². The van der Waals surface area contributed by atoms with E-state index >= 15 is 0 Å². The summed E-state index contributed by atoms with van der Waals surface area (Å²) >= 11 is 1.48. The average Bonchev–Trinajstić information content (AvgIpc) is 3.47. The van der Waals surface area contributed by atoms with E-state index in [0.29, 0.717) is 11.7 Å². The summed E-state index contributed by atoms with van der Waals surface area (Å²) in [4.78, 5) is 10.2. The minimum Gasteiger partial charge on any atom is -0.496 e. The number of aromatic nitrogens is 4. The monoisotopic (exact) mass is 501 g/mol. The highest BCUT2D eigenvalue weighted by Gasteiger charge is 2.19. The number of ether oxygens (including phenoxy) is 2. The Morgan fingerprint density at radius 3 is 2.64 bits per heavy atom. The van der Waals surface area contributed by atoms with E-state index in [0.717, 1.165) is 48.8 Å². The third-order valence-corrected chi connectivity index (χ3v) is 6.75. The lowest BCUT2D eigenvalue weighted by molar-refractivity contribution is 0.244. The Balaban J connectivity index is 1.57. The number of hydrogen-bond acceptors (Lipinski definition) is 8. The molecule has 0 atom stereocenters. The van der Waals surface area contributed by atoms with Crippen molar-refractivity contribution in [1.82, 2.24) is 19.7 Å². The average molecular weight is 502 g/mol. The zero-order valence-corrected chi connectivity index (χ0v) is 21.3. The molecule has 5 aromatic rings. The summed E-state index contributed by atoms with van der Waals surface area (Å²) < 4.78 is 14.4. The van der Waals surface area contributed by atoms with Gasteiger partial charge in [0.1, 0.15) is 11.5 Å². The van der Waals surface area contributed by atoms with Gasteiger partial charge in [0.15, 0.2) is 0 Å². The Kier molecular flexibility index (Phi) is 6.58. The van der Waals surface area contributed by atoms with Crippen LogP contribution in [-0.2, 0) is 13.7 Å². The molecule has 0 aliphatic heterocycles. The smallest absolute Gasteiger partial charge is 0.227 e. The maximum atomic E-state index is 10.1. The van der Waals surface area contributed by atoms with Crippen LogP contribution in [0.5, 0.6) is 11.5 Å². The van der Waals surface area contributed by atoms with Crippen LogP contribution in [0.1, 0.15) is 18.7 Å². The summed E-state index contributed by atoms with van der Waals surface area (Å²) in [6, 6.07) is 13.7. The molecule has 5 rings (SSSR count). The van der Waals surface area contributed by atoms with Crippen LogP contribution in [0.15, 0.2) is 61.1 Å². The fourth-order valence-corrected chi connectivity index (χ4v) is 5.08. The molecule has 2 aromatic carbocycles. The number of nitrogens with zero attached hydrogens (tertiary/aromatic N) is 4. The highest BCUT2D eigenvalue weighted by atomic mass is 32.1. The highest BCUT2D eigenvalue weighted by Crippen LogP contribution is 2.42. The zero-order chi connectivity index (χ0) is 25.2. The van der Waals surface area contributed by atoms with Gasteiger partial charge in [0.25, 0.3) is 0 Å². The summed E-state index contributed by atoms with van der Waals surface area (Å²) in [7, 11) is 3.53. The third-order valence-electron chi connectivity index (χ3n) is 5.65. The molecule has 0 spiro atoms. The first-order valence-electron chi connectivity index (χ1n) is 11.6. The summed E-state index contributed by atoms with van der Waals surface area (Å²) in [5.41, 5.74) is 5.25. The minimum atomic E-state index is -0.0979. The molecule has 3 aromatic heterocycles. The molecule has 0 bridgehead atoms. The molecule has 2 N–H and O–H groups in total. The number of aliphatic hydroxyl groups excluding tert-OH is 1. The van der Waals surface area contributed by atoms with Gasteiger partial charge < -0.3 is 19.9 Å². The largest absolute Gasteiger partial charge is 0.496 e. The Morgan fingerprint density at radius 2 is 1.92 bits per heavy atom. The first-order chi connectivity index (χ1) is 17.5. The Hall–Kier alpha value is -3.95. The van der Waals surface area contributed by atoms with Crippen molar-refractivity contribution in [2.24, 2.45) is 7.05 Å². The first kappa shape index (κ1) is 23.8. The van der Waals surface area contributed by atoms with Crippen molar-refractivity contribution in [3.8, 4) is 33.8 Å². The van der Waals surface area contributed by atoms with Crippen molar-refractivity contribution in [2.45, 2.75) is 26.6 Å². The van der Waals surface area contributed by atoms with Gasteiger partial charge in [0.2, 0.25) is 5.95 Å². The summed E-state index contributed by atoms with van der Waals surface area (Å²) in [6.45, 7) is 3.88. The molecule has 36 heavy (non-hydrogen) atoms. The van der Waals surface area contributed by atoms with Gasteiger partial charge in [-0.25, -0.2) is 9.97 Å². The standard InChI is InChI=1S/C27H27N5O3S/c1-16(2)35-22-11-17(18-12-29-32(3)14-18)9-10-20(22)30-27-28-13-23-26(31-27)25(24(15-33)36-23)19-7-5-6-8-21(19)34-4/h5-14,16,33H,15H2,1-4H3,(H,28,30,31). The second kappa shape index (κ2) is 9.96. The van der Waals surface area contributed by atoms with Crippen molar-refractivity contribution < 1.29 is 14.6 Å². The number of nitrogens with one attached hydrogen (secondary N) is 1. The number of anilines is 2. The van der Waals surface area contributed by atoms with Gasteiger partial charge >= 0.3 is 0 Å². The molecule has 0 unspecified atom stereocenters. The summed E-state index contributed by atoms with van der Waals surface area (Å²) in [6.07, 6.45) is 5.56. The Labute approximate surface area is 213 Å². The van der Waals surface area contributed by atoms with Crippen LogP contribution < -0.4 is 14.8 Å². The number of para-hydroxylation sites is 1. The maximum absolute atomic E-state index is 10.1. The second-order valence-electron chi connectivity index (χ2n) is 8.57. The van der Waals surface area contributed by atoms with Crippen LogP contribution >= 0.6 is 11.3 Å². The summed E-state index contributed by atoms with van der Waals surface area (Å²) in [5.74, 6) is 1.85. The number of aryl methyl sites for hydroxylation is 1. The number of hydrogen-bond donors (Lipinski definition) is 2. The Bertz CT molecular complexity index is 1530. The molecule has 0 saturated heterocycles. The van der Waals surface area contributed by atoms with E-state index in [4.69, 9.17) is 14.5 Å². The van der Waals surface area contributed by atoms with Crippen molar-refractivity contribution in [1.29, 1.82) is 0 Å². The number of rotatable bonds is 8. The molecule has 0 radical (unpaired) electrons. The first-order valence-corrected chi connectivity index (χ1v) is 12.4. The summed E-state index contributed by atoms with van der Waals surface area (Å²) in [5, 5.41) is 17.7. The molecule has 0 fully saturated rings. The van der Waals surface area contributed by atoms with Crippen molar-refractivity contribution >= 4 is 33.2 Å². The van der Waals surface area contributed by atoms with Crippen LogP contribution in [0.25, 0.3) is 32.5 Å². The van der Waals surface area contributed by atoms with Crippen LogP contribution in [0, 0.1) is 0 Å². The van der Waals surface area contributed by atoms with Crippen molar-refractivity contribution in [3.05, 3.63) is 65.9 Å². The van der Waals surface area contributed by atoms with Gasteiger partial charge in [-0.1, -0.05) is 24.3 Å². The molecule has 184 valence electrons. The van der Waals surface area contributed by atoms with Crippen LogP contribution in [-0.4, -0.2) is 38.1 Å². The quantitative estimate of drug-likeness (QED) is 0.278. The van der Waals surface area contributed by atoms with Gasteiger partial charge in [0, 0.05) is 34.8 Å². The van der Waals surface area contributed by atoms with Crippen LogP contribution in [0.2, 0.25) is 0 Å². The molecule has 0 aliphatic rings. The number of benzene rings is 2. The predicted molar refractivity (Wildman–Crippen MR) is 143 cm³/mol. The number of methoxy groups -OCH3 is 1. The maximum Gasteiger partial charge on any atom is 0.227 e. The molecule has 3 heterocycles. The number of thiophene rings is 1. The third kappa shape index (κ3) is 4.62. The van der Waals surface area contributed by atoms with Gasteiger partial charge in [-0.3, -0.25) is 4.68 Å². The highest BCUT2D eigenvalue weighted by molar-refractivity contribution is 7.19. The van der Waals surface area contributed by atoms with Crippen molar-refractivity contribution in [3.63, 3.8) is 0 Å². The van der Waals surface area contributed by atoms with Crippen LogP contribution in [0.4, 0.5) is 11.6 Å². The minimum absolute atomic E-state index is 0.0146. The molecule has 8 nitrogen and oxygen atoms in total. The number of fused-ring (bicyclic) bond motifs is 1. The fraction of sp³-hybridized carbons (Fsp3) is 0.222. The van der Waals surface area contributed by atoms with E-state index in [1.54, 1.807) is 18.0 Å². The number of aliphatic hydroxyl groups is 1. The predicted octanol–water partition coefficient (Wildman–Crippen LogP) is 5.79. The zero-order valence-electron chi connectivity index (χ0n) is 20.5. The lowest BCUT2D eigenvalue weighted by atomic mass is 10.0. The molecule has 0 amide bonds. The molecule has 9 heteroatoms. The van der Waals surface area contributed by atoms with E-state index < -0.39 is 0 Å². The normalized spacial score (nSPS) is 11.3. The molecular formula is C27H27N5O3S. The van der Waals surface area contributed by atoms with Crippen LogP contribution in [0.3, 0.4) is 0 Å². The van der Waals surface area contributed by atoms with Gasteiger partial charge in [0.05, 0.1) is 48.1 Å². The van der Waals surface area contributed by atoms with E-state index in [2.05, 4.69) is 15.4 Å². The van der Waals surface area contributed by atoms with Gasteiger partial charge in [-0.2, -0.15) is 5.10 Å². The fourth-order valence-electron chi connectivity index (χ4n) is 4.09. The lowest BCUT2D eigenvalue weighted by Gasteiger charge is -2.16. The SMILES string of the molecule is COc1ccccc1-c1c(CO)sc2cnc(Nc3ccc(-c4cnn(C)c4)cc3OC(C)C)nc12. The second-order valence-corrected chi connectivity index (χ2v) is 9.71. The van der Waals surface area contributed by atoms with E-state index in [1.165, 1.54) is 11.3 Å². The lowest BCUT2D eigenvalue weighted by Crippen LogP contribution is -2.08. The van der Waals surface area contributed by atoms with E-state index in [9.17, 15) is 5.11 Å². The van der Waals surface area contributed by atoms with Gasteiger partial charge in [-0.05, 0) is 37.6 Å². The molecule has 0 aliphatic carbocycles. The van der Waals surface area contributed by atoms with Gasteiger partial charge in [-0.15, -0.1) is 11.3 Å². The van der Waals surface area contributed by atoms with Crippen molar-refractivity contribution in [2.75, 3.05) is 12.4 Å². The topological polar surface area (TPSA) is 94.3 Å².